The minimum Gasteiger partial charge on any atom is -0.332 e. The predicted molar refractivity (Wildman–Crippen MR) is 117 cm³/mol. The van der Waals surface area contributed by atoms with Gasteiger partial charge < -0.3 is 9.84 Å². The van der Waals surface area contributed by atoms with Crippen LogP contribution in [0.15, 0.2) is 28.8 Å². The Kier molecular flexibility index (Phi) is 7.54. The lowest BCUT2D eigenvalue weighted by Crippen LogP contribution is -2.24. The largest absolute Gasteiger partial charge is 0.332 e. The Morgan fingerprint density at radius 3 is 2.45 bits per heavy atom. The molecule has 0 bridgehead atoms. The number of halogens is 1. The molecule has 0 aliphatic rings. The lowest BCUT2D eigenvalue weighted by Gasteiger charge is -2.19. The van der Waals surface area contributed by atoms with Gasteiger partial charge in [-0.05, 0) is 43.5 Å². The maximum absolute atomic E-state index is 5.49. The van der Waals surface area contributed by atoms with Gasteiger partial charge in [0, 0.05) is 12.5 Å². The average Bonchev–Trinajstić information content (AvgIpc) is 3.28. The first-order chi connectivity index (χ1) is 13.3. The monoisotopic (exact) mass is 418 g/mol. The van der Waals surface area contributed by atoms with E-state index in [1.54, 1.807) is 0 Å². The molecule has 0 fully saturated rings. The van der Waals surface area contributed by atoms with Crippen LogP contribution in [-0.4, -0.2) is 38.2 Å². The molecule has 0 saturated carbocycles. The number of rotatable bonds is 7. The van der Waals surface area contributed by atoms with E-state index in [0.717, 1.165) is 24.2 Å². The van der Waals surface area contributed by atoms with E-state index in [9.17, 15) is 0 Å². The molecule has 2 heterocycles. The third kappa shape index (κ3) is 5.22. The maximum atomic E-state index is 5.49. The highest BCUT2D eigenvalue weighted by Crippen LogP contribution is 2.26. The fourth-order valence-electron chi connectivity index (χ4n) is 3.05. The van der Waals surface area contributed by atoms with E-state index < -0.39 is 0 Å². The van der Waals surface area contributed by atoms with Gasteiger partial charge in [-0.3, -0.25) is 0 Å². The molecule has 0 amide bonds. The molecule has 0 spiro atoms. The van der Waals surface area contributed by atoms with E-state index >= 15 is 0 Å². The highest BCUT2D eigenvalue weighted by molar-refractivity contribution is 5.85. The Balaban J connectivity index is 0.00000300. The average molecular weight is 419 g/mol. The van der Waals surface area contributed by atoms with Crippen molar-refractivity contribution in [1.29, 1.82) is 0 Å². The van der Waals surface area contributed by atoms with Gasteiger partial charge in [0.05, 0.1) is 11.4 Å². The van der Waals surface area contributed by atoms with Crippen LogP contribution in [0.25, 0.3) is 17.3 Å². The quantitative estimate of drug-likeness (QED) is 0.620. The number of hydrogen-bond acceptors (Lipinski definition) is 6. The topological polar surface area (TPSA) is 81.7 Å². The van der Waals surface area contributed by atoms with Crippen molar-refractivity contribution in [3.63, 3.8) is 0 Å². The molecule has 0 saturated heterocycles. The van der Waals surface area contributed by atoms with Crippen molar-refractivity contribution in [2.24, 2.45) is 0 Å². The van der Waals surface area contributed by atoms with Crippen molar-refractivity contribution < 1.29 is 4.52 Å². The number of nitrogens with one attached hydrogen (secondary N) is 1. The van der Waals surface area contributed by atoms with Crippen LogP contribution in [0.3, 0.4) is 0 Å². The molecular formula is C21H31ClN6O. The molecule has 0 aliphatic carbocycles. The molecule has 3 rings (SSSR count). The van der Waals surface area contributed by atoms with Gasteiger partial charge in [-0.1, -0.05) is 56.6 Å². The summed E-state index contributed by atoms with van der Waals surface area (Å²) in [7, 11) is 1.92. The summed E-state index contributed by atoms with van der Waals surface area (Å²) >= 11 is 0. The van der Waals surface area contributed by atoms with Crippen LogP contribution in [0, 0.1) is 0 Å². The van der Waals surface area contributed by atoms with E-state index in [1.165, 1.54) is 5.56 Å². The second-order valence-electron chi connectivity index (χ2n) is 8.25. The smallest absolute Gasteiger partial charge is 0.280 e. The summed E-state index contributed by atoms with van der Waals surface area (Å²) in [5, 5.41) is 16.0. The molecule has 7 nitrogen and oxygen atoms in total. The zero-order valence-electron chi connectivity index (χ0n) is 18.1. The molecule has 1 N–H and O–H groups in total. The minimum atomic E-state index is 0. The van der Waals surface area contributed by atoms with E-state index in [1.807, 2.05) is 11.7 Å². The number of likely N-dealkylation sites (N-methyl/N-ethyl adjacent to an activating group) is 1. The Morgan fingerprint density at radius 1 is 1.17 bits per heavy atom. The third-order valence-corrected chi connectivity index (χ3v) is 4.88. The molecule has 158 valence electrons. The SMILES string of the molecule is CCCc1c(-c2nc(CC(C)NC)no2)nnn1-c1ccc(C(C)(C)C)cc1.Cl. The van der Waals surface area contributed by atoms with Gasteiger partial charge in [0.1, 0.15) is 0 Å². The van der Waals surface area contributed by atoms with Gasteiger partial charge in [0.25, 0.3) is 5.89 Å². The van der Waals surface area contributed by atoms with Crippen molar-refractivity contribution in [3.8, 4) is 17.3 Å². The van der Waals surface area contributed by atoms with Crippen molar-refractivity contribution in [2.75, 3.05) is 7.05 Å². The molecular weight excluding hydrogens is 388 g/mol. The summed E-state index contributed by atoms with van der Waals surface area (Å²) in [5.74, 6) is 1.10. The first kappa shape index (κ1) is 23.0. The molecule has 3 aromatic rings. The maximum Gasteiger partial charge on any atom is 0.280 e. The summed E-state index contributed by atoms with van der Waals surface area (Å²) in [4.78, 5) is 4.53. The van der Waals surface area contributed by atoms with E-state index in [-0.39, 0.29) is 23.9 Å². The van der Waals surface area contributed by atoms with Crippen LogP contribution in [0.2, 0.25) is 0 Å². The first-order valence-electron chi connectivity index (χ1n) is 9.89. The van der Waals surface area contributed by atoms with Crippen LogP contribution in [-0.2, 0) is 18.3 Å². The van der Waals surface area contributed by atoms with Gasteiger partial charge in [-0.2, -0.15) is 4.98 Å². The van der Waals surface area contributed by atoms with E-state index in [0.29, 0.717) is 23.8 Å². The predicted octanol–water partition coefficient (Wildman–Crippen LogP) is 4.14. The number of nitrogens with zero attached hydrogens (tertiary/aromatic N) is 5. The molecule has 0 radical (unpaired) electrons. The van der Waals surface area contributed by atoms with E-state index in [4.69, 9.17) is 4.52 Å². The van der Waals surface area contributed by atoms with Crippen molar-refractivity contribution >= 4 is 12.4 Å². The first-order valence-corrected chi connectivity index (χ1v) is 9.89. The Morgan fingerprint density at radius 2 is 1.86 bits per heavy atom. The summed E-state index contributed by atoms with van der Waals surface area (Å²) in [6.45, 7) is 10.8. The van der Waals surface area contributed by atoms with Gasteiger partial charge in [0.15, 0.2) is 11.5 Å². The van der Waals surface area contributed by atoms with Crippen molar-refractivity contribution in [3.05, 3.63) is 41.3 Å². The van der Waals surface area contributed by atoms with Crippen LogP contribution in [0.1, 0.15) is 58.1 Å². The summed E-state index contributed by atoms with van der Waals surface area (Å²) in [6.07, 6.45) is 2.50. The molecule has 1 unspecified atom stereocenters. The molecule has 2 aromatic heterocycles. The highest BCUT2D eigenvalue weighted by atomic mass is 35.5. The zero-order valence-corrected chi connectivity index (χ0v) is 18.9. The molecule has 0 aliphatic heterocycles. The van der Waals surface area contributed by atoms with Crippen LogP contribution in [0.5, 0.6) is 0 Å². The summed E-state index contributed by atoms with van der Waals surface area (Å²) in [5.41, 5.74) is 4.04. The molecule has 8 heteroatoms. The van der Waals surface area contributed by atoms with Crippen molar-refractivity contribution in [2.45, 2.75) is 65.3 Å². The Labute approximate surface area is 178 Å². The zero-order chi connectivity index (χ0) is 20.3. The Bertz CT molecular complexity index is 910. The number of hydrogen-bond donors (Lipinski definition) is 1. The second-order valence-corrected chi connectivity index (χ2v) is 8.25. The highest BCUT2D eigenvalue weighted by Gasteiger charge is 2.21. The molecule has 1 atom stereocenters. The van der Waals surface area contributed by atoms with Gasteiger partial charge >= 0.3 is 0 Å². The Hall–Kier alpha value is -2.25. The minimum absolute atomic E-state index is 0. The van der Waals surface area contributed by atoms with Crippen molar-refractivity contribution in [1.82, 2.24) is 30.5 Å². The van der Waals surface area contributed by atoms with E-state index in [2.05, 4.69) is 84.7 Å². The number of benzene rings is 1. The van der Waals surface area contributed by atoms with Crippen LogP contribution in [0.4, 0.5) is 0 Å². The summed E-state index contributed by atoms with van der Waals surface area (Å²) < 4.78 is 7.37. The fraction of sp³-hybridized carbons (Fsp3) is 0.524. The van der Waals surface area contributed by atoms with Crippen LogP contribution >= 0.6 is 12.4 Å². The third-order valence-electron chi connectivity index (χ3n) is 4.88. The second kappa shape index (κ2) is 9.50. The molecule has 1 aromatic carbocycles. The van der Waals surface area contributed by atoms with Gasteiger partial charge in [0.2, 0.25) is 0 Å². The molecule has 29 heavy (non-hydrogen) atoms. The van der Waals surface area contributed by atoms with Gasteiger partial charge in [-0.25, -0.2) is 4.68 Å². The normalized spacial score (nSPS) is 12.6. The summed E-state index contributed by atoms with van der Waals surface area (Å²) in [6, 6.07) is 8.75. The fourth-order valence-corrected chi connectivity index (χ4v) is 3.05. The lowest BCUT2D eigenvalue weighted by molar-refractivity contribution is 0.416. The lowest BCUT2D eigenvalue weighted by atomic mass is 9.87. The van der Waals surface area contributed by atoms with Crippen LogP contribution < -0.4 is 5.32 Å². The number of aromatic nitrogens is 5. The van der Waals surface area contributed by atoms with Gasteiger partial charge in [-0.15, -0.1) is 17.5 Å². The standard InChI is InChI=1S/C21H30N6O.ClH/c1-7-8-17-19(20-23-18(25-28-20)13-14(2)22-6)24-26-27(17)16-11-9-15(10-12-16)21(3,4)5;/h9-12,14,22H,7-8,13H2,1-6H3;1H.